The zero-order valence-electron chi connectivity index (χ0n) is 31.1. The Kier molecular flexibility index (Phi) is 14.2. The summed E-state index contributed by atoms with van der Waals surface area (Å²) >= 11 is 0. The minimum Gasteiger partial charge on any atom is -0.382 e. The lowest BCUT2D eigenvalue weighted by molar-refractivity contribution is -0.143. The molecule has 3 saturated carbocycles. The number of ketones is 1. The van der Waals surface area contributed by atoms with E-state index in [1.807, 2.05) is 0 Å². The number of hydrogen-bond donors (Lipinski definition) is 1. The molecule has 0 aromatic heterocycles. The predicted octanol–water partition coefficient (Wildman–Crippen LogP) is 12.8. The van der Waals surface area contributed by atoms with Crippen LogP contribution in [0, 0.1) is 46.3 Å². The van der Waals surface area contributed by atoms with Crippen LogP contribution < -0.4 is 0 Å². The fourth-order valence-electron chi connectivity index (χ4n) is 11.4. The van der Waals surface area contributed by atoms with Crippen molar-refractivity contribution in [1.29, 1.82) is 0 Å². The maximum atomic E-state index is 13.4. The highest BCUT2D eigenvalue weighted by atomic mass is 16.3. The molecule has 0 heterocycles. The maximum Gasteiger partial charge on any atom is 0.164 e. The number of rotatable bonds is 20. The molecule has 0 aliphatic heterocycles. The summed E-state index contributed by atoms with van der Waals surface area (Å²) < 4.78 is 0. The van der Waals surface area contributed by atoms with Crippen LogP contribution in [0.25, 0.3) is 0 Å². The molecule has 0 bridgehead atoms. The summed E-state index contributed by atoms with van der Waals surface area (Å²) in [6.07, 6.45) is 33.5. The van der Waals surface area contributed by atoms with E-state index in [9.17, 15) is 9.90 Å². The highest BCUT2D eigenvalue weighted by molar-refractivity contribution is 5.87. The summed E-state index contributed by atoms with van der Waals surface area (Å²) in [6.45, 7) is 14.8. The second-order valence-electron chi connectivity index (χ2n) is 17.9. The summed E-state index contributed by atoms with van der Waals surface area (Å²) in [6, 6.07) is 0. The van der Waals surface area contributed by atoms with E-state index in [-0.39, 0.29) is 11.2 Å². The molecule has 1 unspecified atom stereocenters. The number of aliphatic hydroxyl groups is 1. The first-order valence-corrected chi connectivity index (χ1v) is 20.5. The minimum atomic E-state index is -1.11. The van der Waals surface area contributed by atoms with Crippen LogP contribution in [-0.2, 0) is 4.79 Å². The lowest BCUT2D eigenvalue weighted by atomic mass is 9.46. The van der Waals surface area contributed by atoms with Gasteiger partial charge in [0.15, 0.2) is 5.78 Å². The first-order chi connectivity index (χ1) is 21.5. The van der Waals surface area contributed by atoms with Crippen LogP contribution >= 0.6 is 0 Å². The number of carbonyl (C=O) groups excluding carboxylic acids is 1. The van der Waals surface area contributed by atoms with Gasteiger partial charge in [-0.1, -0.05) is 150 Å². The van der Waals surface area contributed by atoms with Gasteiger partial charge in [-0.25, -0.2) is 0 Å². The van der Waals surface area contributed by atoms with Gasteiger partial charge in [-0.15, -0.1) is 0 Å². The number of carbonyl (C=O) groups is 1. The van der Waals surface area contributed by atoms with Crippen LogP contribution in [0.2, 0.25) is 0 Å². The van der Waals surface area contributed by atoms with Crippen molar-refractivity contribution >= 4 is 5.78 Å². The molecule has 0 saturated heterocycles. The van der Waals surface area contributed by atoms with E-state index in [4.69, 9.17) is 0 Å². The van der Waals surface area contributed by atoms with Gasteiger partial charge in [-0.3, -0.25) is 4.79 Å². The van der Waals surface area contributed by atoms with Gasteiger partial charge in [0.1, 0.15) is 5.60 Å². The molecule has 2 heteroatoms. The molecule has 4 aliphatic carbocycles. The van der Waals surface area contributed by atoms with Crippen molar-refractivity contribution in [2.75, 3.05) is 0 Å². The fourth-order valence-corrected chi connectivity index (χ4v) is 11.4. The number of unbranched alkanes of at least 4 members (excludes halogenated alkanes) is 12. The highest BCUT2D eigenvalue weighted by Crippen LogP contribution is 2.67. The molecule has 4 rings (SSSR count). The fraction of sp³-hybridized carbons (Fsp3) is 0.930. The lowest BCUT2D eigenvalue weighted by Crippen LogP contribution is -2.54. The van der Waals surface area contributed by atoms with Gasteiger partial charge in [0, 0.05) is 12.8 Å². The molecular weight excluding hydrogens is 548 g/mol. The molecule has 0 radical (unpaired) electrons. The van der Waals surface area contributed by atoms with Crippen LogP contribution in [0.3, 0.4) is 0 Å². The third-order valence-corrected chi connectivity index (χ3v) is 14.4. The van der Waals surface area contributed by atoms with Crippen LogP contribution in [0.1, 0.15) is 202 Å². The molecule has 0 aromatic carbocycles. The van der Waals surface area contributed by atoms with E-state index in [0.29, 0.717) is 24.7 Å². The molecule has 3 fully saturated rings. The third-order valence-electron chi connectivity index (χ3n) is 14.4. The Morgan fingerprint density at radius 1 is 0.778 bits per heavy atom. The smallest absolute Gasteiger partial charge is 0.164 e. The third kappa shape index (κ3) is 9.09. The number of allylic oxidation sites excluding steroid dienone is 1. The maximum absolute atomic E-state index is 13.4. The quantitative estimate of drug-likeness (QED) is 0.108. The molecule has 1 N–H and O–H groups in total. The highest BCUT2D eigenvalue weighted by Gasteiger charge is 2.60. The molecule has 0 spiro atoms. The van der Waals surface area contributed by atoms with Crippen LogP contribution in [0.5, 0.6) is 0 Å². The van der Waals surface area contributed by atoms with Gasteiger partial charge in [0.2, 0.25) is 0 Å². The molecule has 8 atom stereocenters. The molecule has 2 nitrogen and oxygen atoms in total. The van der Waals surface area contributed by atoms with Crippen molar-refractivity contribution in [3.8, 4) is 0 Å². The van der Waals surface area contributed by atoms with E-state index >= 15 is 0 Å². The number of hydrogen-bond acceptors (Lipinski definition) is 2. The minimum absolute atomic E-state index is 0.136. The van der Waals surface area contributed by atoms with Gasteiger partial charge >= 0.3 is 0 Å². The first kappa shape index (κ1) is 37.2. The van der Waals surface area contributed by atoms with Gasteiger partial charge in [-0.05, 0) is 97.7 Å². The standard InChI is InChI=1S/C43H76O2/c1-7-8-9-10-11-12-13-14-15-16-17-18-19-23-40(44)43(45)31-30-41(5)35(32-43)24-25-36-38-27-26-37(34(4)22-20-21-33(2)3)42(38,6)29-28-39(36)41/h24,33-34,36-39,45H,7-23,25-32H2,1-6H3/t34-,36+,37-,38+,39+,41+,42-,43?/m1/s1. The van der Waals surface area contributed by atoms with Crippen molar-refractivity contribution in [2.45, 2.75) is 208 Å². The Morgan fingerprint density at radius 3 is 2.02 bits per heavy atom. The van der Waals surface area contributed by atoms with E-state index in [2.05, 4.69) is 47.6 Å². The van der Waals surface area contributed by atoms with E-state index in [0.717, 1.165) is 54.8 Å². The van der Waals surface area contributed by atoms with Crippen molar-refractivity contribution in [1.82, 2.24) is 0 Å². The Hall–Kier alpha value is -0.630. The predicted molar refractivity (Wildman–Crippen MR) is 193 cm³/mol. The average molecular weight is 625 g/mol. The van der Waals surface area contributed by atoms with Crippen molar-refractivity contribution in [2.24, 2.45) is 46.3 Å². The molecule has 0 amide bonds. The molecule has 260 valence electrons. The van der Waals surface area contributed by atoms with Gasteiger partial charge in [-0.2, -0.15) is 0 Å². The van der Waals surface area contributed by atoms with Gasteiger partial charge < -0.3 is 5.11 Å². The van der Waals surface area contributed by atoms with Crippen molar-refractivity contribution in [3.63, 3.8) is 0 Å². The zero-order valence-corrected chi connectivity index (χ0v) is 31.1. The number of fused-ring (bicyclic) bond motifs is 5. The zero-order chi connectivity index (χ0) is 32.5. The Bertz CT molecular complexity index is 934. The summed E-state index contributed by atoms with van der Waals surface area (Å²) in [4.78, 5) is 13.4. The summed E-state index contributed by atoms with van der Waals surface area (Å²) in [5.41, 5.74) is 1.03. The summed E-state index contributed by atoms with van der Waals surface area (Å²) in [5.74, 6) is 5.12. The Balaban J connectivity index is 1.20. The molecular formula is C43H76O2. The summed E-state index contributed by atoms with van der Waals surface area (Å²) in [7, 11) is 0. The van der Waals surface area contributed by atoms with Crippen LogP contribution in [-0.4, -0.2) is 16.5 Å². The Labute approximate surface area is 280 Å². The van der Waals surface area contributed by atoms with Gasteiger partial charge in [0.25, 0.3) is 0 Å². The topological polar surface area (TPSA) is 37.3 Å². The first-order valence-electron chi connectivity index (χ1n) is 20.5. The van der Waals surface area contributed by atoms with E-state index in [1.165, 1.54) is 128 Å². The largest absolute Gasteiger partial charge is 0.382 e. The second kappa shape index (κ2) is 17.2. The van der Waals surface area contributed by atoms with E-state index < -0.39 is 5.60 Å². The van der Waals surface area contributed by atoms with E-state index in [1.54, 1.807) is 0 Å². The Morgan fingerprint density at radius 2 is 1.40 bits per heavy atom. The van der Waals surface area contributed by atoms with Crippen LogP contribution in [0.4, 0.5) is 0 Å². The monoisotopic (exact) mass is 625 g/mol. The van der Waals surface area contributed by atoms with Crippen molar-refractivity contribution < 1.29 is 9.90 Å². The lowest BCUT2D eigenvalue weighted by Gasteiger charge is -2.59. The van der Waals surface area contributed by atoms with Crippen molar-refractivity contribution in [3.05, 3.63) is 11.6 Å². The SMILES string of the molecule is CCCCCCCCCCCCCCCC(=O)C1(O)CC[C@@]2(C)C(=CC[C@H]3[C@@H]4CC[C@H]([C@H](C)CCCC(C)C)[C@@]4(C)CC[C@@H]32)C1. The molecule has 4 aliphatic rings. The summed E-state index contributed by atoms with van der Waals surface area (Å²) in [5, 5.41) is 11.7. The molecule has 45 heavy (non-hydrogen) atoms. The van der Waals surface area contributed by atoms with Gasteiger partial charge in [0.05, 0.1) is 0 Å². The van der Waals surface area contributed by atoms with Crippen LogP contribution in [0.15, 0.2) is 11.6 Å². The molecule has 0 aromatic rings. The average Bonchev–Trinajstić information content (AvgIpc) is 3.37. The normalized spacial score (nSPS) is 35.1. The number of Topliss-reactive ketones (excluding diaryl/α,β-unsaturated/α-hetero) is 1. The second-order valence-corrected chi connectivity index (χ2v) is 17.9.